The van der Waals surface area contributed by atoms with E-state index in [1.54, 1.807) is 16.4 Å². The number of hydrogen-bond donors (Lipinski definition) is 0. The number of sulfonamides is 1. The summed E-state index contributed by atoms with van der Waals surface area (Å²) in [5.74, 6) is 0.262. The molecule has 6 heteroatoms. The first-order valence-electron chi connectivity index (χ1n) is 8.46. The molecule has 1 aromatic carbocycles. The zero-order chi connectivity index (χ0) is 17.2. The molecule has 5 nitrogen and oxygen atoms in total. The number of benzene rings is 1. The Morgan fingerprint density at radius 1 is 1.29 bits per heavy atom. The van der Waals surface area contributed by atoms with Crippen molar-refractivity contribution in [3.63, 3.8) is 0 Å². The lowest BCUT2D eigenvalue weighted by Crippen LogP contribution is -2.41. The van der Waals surface area contributed by atoms with Gasteiger partial charge in [0.05, 0.1) is 12.1 Å². The molecular weight excluding hydrogens is 324 g/mol. The number of aryl methyl sites for hydroxylation is 1. The van der Waals surface area contributed by atoms with Gasteiger partial charge in [0.1, 0.15) is 4.90 Å². The van der Waals surface area contributed by atoms with Crippen LogP contribution in [-0.4, -0.2) is 44.0 Å². The Morgan fingerprint density at radius 2 is 2.12 bits per heavy atom. The summed E-state index contributed by atoms with van der Waals surface area (Å²) >= 11 is 0. The van der Waals surface area contributed by atoms with Crippen LogP contribution in [0.2, 0.25) is 0 Å². The van der Waals surface area contributed by atoms with Crippen LogP contribution in [-0.2, 0) is 14.8 Å². The monoisotopic (exact) mass is 348 g/mol. The Hall–Kier alpha value is -1.50. The Labute approximate surface area is 143 Å². The molecule has 1 atom stereocenters. The van der Waals surface area contributed by atoms with Crippen LogP contribution in [0.1, 0.15) is 25.5 Å². The standard InChI is InChI=1S/C18H24N2O3S/c1-3-23-13-15-6-5-11-20(12-15)24(21,22)17-8-4-7-16-10-9-14(2)19-18(16)17/h4,7-10,15H,3,5-6,11-13H2,1-2H3. The van der Waals surface area contributed by atoms with E-state index in [1.807, 2.05) is 32.0 Å². The van der Waals surface area contributed by atoms with Crippen molar-refractivity contribution in [1.82, 2.24) is 9.29 Å². The fraction of sp³-hybridized carbons (Fsp3) is 0.500. The predicted octanol–water partition coefficient (Wildman–Crippen LogP) is 2.98. The number of nitrogens with zero attached hydrogens (tertiary/aromatic N) is 2. The van der Waals surface area contributed by atoms with E-state index >= 15 is 0 Å². The molecule has 0 saturated carbocycles. The predicted molar refractivity (Wildman–Crippen MR) is 94.5 cm³/mol. The van der Waals surface area contributed by atoms with Gasteiger partial charge in [-0.25, -0.2) is 8.42 Å². The summed E-state index contributed by atoms with van der Waals surface area (Å²) in [6.45, 7) is 6.20. The first-order valence-corrected chi connectivity index (χ1v) is 9.90. The highest BCUT2D eigenvalue weighted by molar-refractivity contribution is 7.89. The van der Waals surface area contributed by atoms with Crippen molar-refractivity contribution in [2.45, 2.75) is 31.6 Å². The molecule has 0 bridgehead atoms. The van der Waals surface area contributed by atoms with Gasteiger partial charge in [-0.2, -0.15) is 4.31 Å². The van der Waals surface area contributed by atoms with Gasteiger partial charge in [-0.1, -0.05) is 18.2 Å². The Balaban J connectivity index is 1.94. The van der Waals surface area contributed by atoms with Crippen LogP contribution in [0.4, 0.5) is 0 Å². The van der Waals surface area contributed by atoms with Gasteiger partial charge in [0.2, 0.25) is 10.0 Å². The number of hydrogen-bond acceptors (Lipinski definition) is 4. The molecule has 0 spiro atoms. The Kier molecular flexibility index (Phi) is 5.18. The average molecular weight is 348 g/mol. The van der Waals surface area contributed by atoms with E-state index in [1.165, 1.54) is 0 Å². The van der Waals surface area contributed by atoms with E-state index in [9.17, 15) is 8.42 Å². The van der Waals surface area contributed by atoms with Crippen molar-refractivity contribution < 1.29 is 13.2 Å². The molecule has 0 radical (unpaired) electrons. The molecule has 130 valence electrons. The molecule has 1 fully saturated rings. The number of piperidine rings is 1. The molecule has 1 aliphatic heterocycles. The van der Waals surface area contributed by atoms with Gasteiger partial charge in [-0.05, 0) is 44.7 Å². The van der Waals surface area contributed by atoms with Crippen molar-refractivity contribution >= 4 is 20.9 Å². The Bertz CT molecular complexity index is 820. The van der Waals surface area contributed by atoms with Crippen molar-refractivity contribution in [3.8, 4) is 0 Å². The molecular formula is C18H24N2O3S. The molecule has 2 heterocycles. The average Bonchev–Trinajstić information content (AvgIpc) is 2.59. The number of ether oxygens (including phenoxy) is 1. The summed E-state index contributed by atoms with van der Waals surface area (Å²) in [6, 6.07) is 9.17. The largest absolute Gasteiger partial charge is 0.381 e. The third-order valence-corrected chi connectivity index (χ3v) is 6.38. The zero-order valence-electron chi connectivity index (χ0n) is 14.2. The fourth-order valence-corrected chi connectivity index (χ4v) is 4.94. The summed E-state index contributed by atoms with van der Waals surface area (Å²) < 4.78 is 33.4. The minimum absolute atomic E-state index is 0.262. The van der Waals surface area contributed by atoms with Gasteiger partial charge < -0.3 is 4.74 Å². The Morgan fingerprint density at radius 3 is 2.92 bits per heavy atom. The van der Waals surface area contributed by atoms with E-state index in [0.29, 0.717) is 36.7 Å². The minimum Gasteiger partial charge on any atom is -0.381 e. The summed E-state index contributed by atoms with van der Waals surface area (Å²) in [6.07, 6.45) is 1.88. The van der Waals surface area contributed by atoms with Gasteiger partial charge in [-0.3, -0.25) is 4.98 Å². The van der Waals surface area contributed by atoms with Crippen LogP contribution in [0, 0.1) is 12.8 Å². The molecule has 24 heavy (non-hydrogen) atoms. The lowest BCUT2D eigenvalue weighted by atomic mass is 10.0. The summed E-state index contributed by atoms with van der Waals surface area (Å²) in [5, 5.41) is 0.851. The number of pyridine rings is 1. The van der Waals surface area contributed by atoms with Crippen LogP contribution < -0.4 is 0 Å². The molecule has 1 saturated heterocycles. The third-order valence-electron chi connectivity index (χ3n) is 4.48. The lowest BCUT2D eigenvalue weighted by Gasteiger charge is -2.31. The van der Waals surface area contributed by atoms with Gasteiger partial charge in [0.25, 0.3) is 0 Å². The molecule has 2 aromatic rings. The number of para-hydroxylation sites is 1. The molecule has 1 unspecified atom stereocenters. The van der Waals surface area contributed by atoms with Crippen molar-refractivity contribution in [2.24, 2.45) is 5.92 Å². The topological polar surface area (TPSA) is 59.5 Å². The maximum Gasteiger partial charge on any atom is 0.245 e. The second-order valence-corrected chi connectivity index (χ2v) is 8.22. The quantitative estimate of drug-likeness (QED) is 0.833. The molecule has 1 aliphatic rings. The molecule has 1 aromatic heterocycles. The SMILES string of the molecule is CCOCC1CCCN(S(=O)(=O)c2cccc3ccc(C)nc23)C1. The van der Waals surface area contributed by atoms with E-state index in [4.69, 9.17) is 4.74 Å². The maximum absolute atomic E-state index is 13.2. The van der Waals surface area contributed by atoms with E-state index < -0.39 is 10.0 Å². The molecule has 3 rings (SSSR count). The summed E-state index contributed by atoms with van der Waals surface area (Å²) in [7, 11) is -3.55. The second kappa shape index (κ2) is 7.17. The van der Waals surface area contributed by atoms with Crippen LogP contribution in [0.5, 0.6) is 0 Å². The normalized spacial score (nSPS) is 19.7. The highest BCUT2D eigenvalue weighted by Gasteiger charge is 2.31. The van der Waals surface area contributed by atoms with Gasteiger partial charge >= 0.3 is 0 Å². The highest BCUT2D eigenvalue weighted by Crippen LogP contribution is 2.28. The van der Waals surface area contributed by atoms with E-state index in [0.717, 1.165) is 23.9 Å². The summed E-state index contributed by atoms with van der Waals surface area (Å²) in [5.41, 5.74) is 1.38. The van der Waals surface area contributed by atoms with Crippen molar-refractivity contribution in [2.75, 3.05) is 26.3 Å². The number of aromatic nitrogens is 1. The number of rotatable bonds is 5. The van der Waals surface area contributed by atoms with Crippen LogP contribution in [0.25, 0.3) is 10.9 Å². The van der Waals surface area contributed by atoms with Crippen molar-refractivity contribution in [3.05, 3.63) is 36.0 Å². The fourth-order valence-electron chi connectivity index (χ4n) is 3.23. The van der Waals surface area contributed by atoms with Crippen molar-refractivity contribution in [1.29, 1.82) is 0 Å². The van der Waals surface area contributed by atoms with Crippen LogP contribution in [0.15, 0.2) is 35.2 Å². The lowest BCUT2D eigenvalue weighted by molar-refractivity contribution is 0.0864. The third kappa shape index (κ3) is 3.45. The highest BCUT2D eigenvalue weighted by atomic mass is 32.2. The smallest absolute Gasteiger partial charge is 0.245 e. The van der Waals surface area contributed by atoms with E-state index in [-0.39, 0.29) is 5.92 Å². The van der Waals surface area contributed by atoms with Gasteiger partial charge in [0, 0.05) is 30.8 Å². The van der Waals surface area contributed by atoms with Crippen LogP contribution >= 0.6 is 0 Å². The van der Waals surface area contributed by atoms with E-state index in [2.05, 4.69) is 4.98 Å². The molecule has 0 aliphatic carbocycles. The van der Waals surface area contributed by atoms with Gasteiger partial charge in [-0.15, -0.1) is 0 Å². The molecule has 0 N–H and O–H groups in total. The zero-order valence-corrected chi connectivity index (χ0v) is 15.1. The first kappa shape index (κ1) is 17.3. The van der Waals surface area contributed by atoms with Crippen LogP contribution in [0.3, 0.4) is 0 Å². The van der Waals surface area contributed by atoms with Gasteiger partial charge in [0.15, 0.2) is 0 Å². The molecule has 0 amide bonds. The minimum atomic E-state index is -3.55. The maximum atomic E-state index is 13.2. The summed E-state index contributed by atoms with van der Waals surface area (Å²) in [4.78, 5) is 4.78. The number of fused-ring (bicyclic) bond motifs is 1. The first-order chi connectivity index (χ1) is 11.5. The second-order valence-electron chi connectivity index (χ2n) is 6.31.